The van der Waals surface area contributed by atoms with E-state index in [1.165, 1.54) is 44.9 Å². The van der Waals surface area contributed by atoms with E-state index in [1.54, 1.807) is 0 Å². The molecule has 0 unspecified atom stereocenters. The average molecular weight is 316 g/mol. The molecule has 23 heavy (non-hydrogen) atoms. The summed E-state index contributed by atoms with van der Waals surface area (Å²) in [5.41, 5.74) is 0.661. The number of carbonyl (C=O) groups excluding carboxylic acids is 1. The monoisotopic (exact) mass is 316 g/mol. The number of esters is 1. The van der Waals surface area contributed by atoms with Gasteiger partial charge in [-0.05, 0) is 76.0 Å². The summed E-state index contributed by atoms with van der Waals surface area (Å²) in [7, 11) is 0. The Morgan fingerprint density at radius 3 is 2.87 bits per heavy atom. The van der Waals surface area contributed by atoms with Crippen molar-refractivity contribution in [3.63, 3.8) is 0 Å². The Morgan fingerprint density at radius 2 is 2.04 bits per heavy atom. The topological polar surface area (TPSA) is 35.5 Å². The minimum Gasteiger partial charge on any atom is -0.465 e. The summed E-state index contributed by atoms with van der Waals surface area (Å²) in [6, 6.07) is 0. The van der Waals surface area contributed by atoms with E-state index in [9.17, 15) is 4.79 Å². The third-order valence-electron chi connectivity index (χ3n) is 9.48. The van der Waals surface area contributed by atoms with E-state index in [0.29, 0.717) is 30.0 Å². The van der Waals surface area contributed by atoms with Crippen LogP contribution in [-0.2, 0) is 14.3 Å². The summed E-state index contributed by atoms with van der Waals surface area (Å²) < 4.78 is 12.5. The number of cyclic esters (lactones) is 1. The quantitative estimate of drug-likeness (QED) is 0.639. The van der Waals surface area contributed by atoms with Crippen LogP contribution in [0.4, 0.5) is 0 Å². The molecule has 4 saturated carbocycles. The van der Waals surface area contributed by atoms with Crippen LogP contribution in [0, 0.1) is 34.0 Å². The van der Waals surface area contributed by atoms with Crippen LogP contribution in [0.3, 0.4) is 0 Å². The van der Waals surface area contributed by atoms with Gasteiger partial charge < -0.3 is 9.47 Å². The second-order valence-electron chi connectivity index (χ2n) is 10.3. The van der Waals surface area contributed by atoms with E-state index < -0.39 is 0 Å². The van der Waals surface area contributed by atoms with Gasteiger partial charge in [0.2, 0.25) is 0 Å². The van der Waals surface area contributed by atoms with Gasteiger partial charge in [0.15, 0.2) is 0 Å². The molecule has 7 aliphatic rings. The zero-order valence-corrected chi connectivity index (χ0v) is 14.4. The first-order chi connectivity index (χ1) is 10.9. The van der Waals surface area contributed by atoms with Crippen molar-refractivity contribution >= 4 is 5.97 Å². The summed E-state index contributed by atoms with van der Waals surface area (Å²) in [5, 5.41) is 0. The lowest BCUT2D eigenvalue weighted by Crippen LogP contribution is -2.68. The Kier molecular flexibility index (Phi) is 2.18. The van der Waals surface area contributed by atoms with E-state index >= 15 is 0 Å². The fourth-order valence-corrected chi connectivity index (χ4v) is 8.98. The van der Waals surface area contributed by atoms with Crippen LogP contribution in [0.5, 0.6) is 0 Å². The lowest BCUT2D eigenvalue weighted by atomic mass is 9.39. The molecule has 4 aliphatic carbocycles. The van der Waals surface area contributed by atoms with Crippen molar-refractivity contribution in [2.24, 2.45) is 34.0 Å². The molecule has 6 bridgehead atoms. The van der Waals surface area contributed by atoms with Crippen molar-refractivity contribution in [2.45, 2.75) is 76.9 Å². The molecule has 3 nitrogen and oxygen atoms in total. The average Bonchev–Trinajstić information content (AvgIpc) is 2.85. The van der Waals surface area contributed by atoms with Crippen LogP contribution < -0.4 is 0 Å². The molecule has 3 heterocycles. The van der Waals surface area contributed by atoms with E-state index in [4.69, 9.17) is 9.47 Å². The molecule has 126 valence electrons. The highest BCUT2D eigenvalue weighted by Gasteiger charge is 2.76. The molecule has 7 fully saturated rings. The standard InChI is InChI=1S/C20H28O3/c1-17-5-3-6-20(11-22-16(17)21)14(17)4-7-19-9-12-8-13(15(19)20)23-18(12,2)10-19/h12-15H,3-11H2,1-2H3/t12-,13+,14-,15-,17-,18+,19+,20+/m1/s1. The van der Waals surface area contributed by atoms with E-state index in [0.717, 1.165) is 12.3 Å². The van der Waals surface area contributed by atoms with Gasteiger partial charge in [-0.25, -0.2) is 0 Å². The molecule has 3 aliphatic heterocycles. The van der Waals surface area contributed by atoms with Gasteiger partial charge in [-0.1, -0.05) is 6.42 Å². The Labute approximate surface area is 138 Å². The summed E-state index contributed by atoms with van der Waals surface area (Å²) in [5.74, 6) is 2.06. The van der Waals surface area contributed by atoms with Crippen molar-refractivity contribution in [3.05, 3.63) is 0 Å². The lowest BCUT2D eigenvalue weighted by molar-refractivity contribution is -0.267. The smallest absolute Gasteiger partial charge is 0.312 e. The number of hydrogen-bond donors (Lipinski definition) is 0. The fraction of sp³-hybridized carbons (Fsp3) is 0.950. The first kappa shape index (κ1) is 13.7. The molecule has 0 aromatic heterocycles. The highest BCUT2D eigenvalue weighted by atomic mass is 16.5. The highest BCUT2D eigenvalue weighted by Crippen LogP contribution is 2.77. The van der Waals surface area contributed by atoms with Crippen molar-refractivity contribution in [1.29, 1.82) is 0 Å². The maximum absolute atomic E-state index is 12.6. The molecule has 0 N–H and O–H groups in total. The second kappa shape index (κ2) is 3.66. The molecule has 7 rings (SSSR count). The van der Waals surface area contributed by atoms with Gasteiger partial charge in [0.1, 0.15) is 0 Å². The van der Waals surface area contributed by atoms with E-state index in [2.05, 4.69) is 13.8 Å². The predicted molar refractivity (Wildman–Crippen MR) is 84.6 cm³/mol. The molecular formula is C20H28O3. The van der Waals surface area contributed by atoms with Crippen molar-refractivity contribution in [3.8, 4) is 0 Å². The SMILES string of the molecule is C[C@]12CCC[C@@]3(COC1=O)[C@@H]1[C@@H]4C[C@@H]5C[C@@]1(CC[C@@H]32)C[C@]5(C)O4. The Morgan fingerprint density at radius 1 is 1.17 bits per heavy atom. The second-order valence-corrected chi connectivity index (χ2v) is 10.3. The van der Waals surface area contributed by atoms with E-state index in [1.807, 2.05) is 0 Å². The number of hydrogen-bond acceptors (Lipinski definition) is 3. The maximum Gasteiger partial charge on any atom is 0.312 e. The number of ether oxygens (including phenoxy) is 2. The third-order valence-corrected chi connectivity index (χ3v) is 9.48. The molecule has 1 spiro atoms. The molecule has 0 aromatic rings. The Hall–Kier alpha value is -0.570. The maximum atomic E-state index is 12.6. The lowest BCUT2D eigenvalue weighted by Gasteiger charge is -2.68. The molecule has 3 heteroatoms. The van der Waals surface area contributed by atoms with Gasteiger partial charge in [0.05, 0.1) is 23.7 Å². The van der Waals surface area contributed by atoms with Gasteiger partial charge in [0.25, 0.3) is 0 Å². The number of carbonyl (C=O) groups is 1. The number of rotatable bonds is 0. The van der Waals surface area contributed by atoms with Gasteiger partial charge in [-0.15, -0.1) is 0 Å². The minimum atomic E-state index is -0.222. The largest absolute Gasteiger partial charge is 0.465 e. The summed E-state index contributed by atoms with van der Waals surface area (Å²) >= 11 is 0. The normalized spacial score (nSPS) is 65.2. The van der Waals surface area contributed by atoms with Crippen molar-refractivity contribution in [1.82, 2.24) is 0 Å². The highest BCUT2D eigenvalue weighted by molar-refractivity contribution is 5.78. The van der Waals surface area contributed by atoms with Gasteiger partial charge in [-0.2, -0.15) is 0 Å². The minimum absolute atomic E-state index is 0.0910. The predicted octanol–water partition coefficient (Wildman–Crippen LogP) is 3.70. The van der Waals surface area contributed by atoms with Crippen LogP contribution in [0.25, 0.3) is 0 Å². The molecule has 0 radical (unpaired) electrons. The van der Waals surface area contributed by atoms with Crippen molar-refractivity contribution in [2.75, 3.05) is 6.61 Å². The van der Waals surface area contributed by atoms with Crippen LogP contribution in [0.1, 0.15) is 65.2 Å². The third kappa shape index (κ3) is 1.28. The van der Waals surface area contributed by atoms with E-state index in [-0.39, 0.29) is 22.4 Å². The first-order valence-corrected chi connectivity index (χ1v) is 9.77. The first-order valence-electron chi connectivity index (χ1n) is 9.77. The van der Waals surface area contributed by atoms with Gasteiger partial charge >= 0.3 is 5.97 Å². The van der Waals surface area contributed by atoms with Crippen LogP contribution >= 0.6 is 0 Å². The zero-order chi connectivity index (χ0) is 15.7. The fourth-order valence-electron chi connectivity index (χ4n) is 8.98. The van der Waals surface area contributed by atoms with Crippen LogP contribution in [0.15, 0.2) is 0 Å². The van der Waals surface area contributed by atoms with Crippen molar-refractivity contribution < 1.29 is 14.3 Å². The van der Waals surface area contributed by atoms with Gasteiger partial charge in [-0.3, -0.25) is 4.79 Å². The van der Waals surface area contributed by atoms with Crippen LogP contribution in [-0.4, -0.2) is 24.3 Å². The van der Waals surface area contributed by atoms with Gasteiger partial charge in [0, 0.05) is 11.3 Å². The Balaban J connectivity index is 1.51. The Bertz CT molecular complexity index is 616. The summed E-state index contributed by atoms with van der Waals surface area (Å²) in [6.07, 6.45) is 10.4. The summed E-state index contributed by atoms with van der Waals surface area (Å²) in [6.45, 7) is 5.26. The molecule has 0 amide bonds. The molecular weight excluding hydrogens is 288 g/mol. The molecule has 3 saturated heterocycles. The molecule has 0 aromatic carbocycles. The summed E-state index contributed by atoms with van der Waals surface area (Å²) in [4.78, 5) is 12.6. The van der Waals surface area contributed by atoms with Crippen LogP contribution in [0.2, 0.25) is 0 Å². The zero-order valence-electron chi connectivity index (χ0n) is 14.4. The molecule has 8 atom stereocenters.